The molecule has 1 unspecified atom stereocenters. The van der Waals surface area contributed by atoms with Crippen molar-refractivity contribution in [3.8, 4) is 11.1 Å². The maximum Gasteiger partial charge on any atom is 0.310 e. The van der Waals surface area contributed by atoms with E-state index in [0.717, 1.165) is 11.4 Å². The largest absolute Gasteiger partial charge is 0.481 e. The molecule has 0 saturated heterocycles. The number of unbranched alkanes of at least 4 members (excludes halogenated alkanes) is 2. The fraction of sp³-hybridized carbons (Fsp3) is 0.350. The smallest absolute Gasteiger partial charge is 0.310 e. The predicted octanol–water partition coefficient (Wildman–Crippen LogP) is 6.10. The summed E-state index contributed by atoms with van der Waals surface area (Å²) >= 11 is 5.38. The number of halogens is 2. The van der Waals surface area contributed by atoms with Crippen LogP contribution in [-0.4, -0.2) is 17.0 Å². The molecule has 2 rings (SSSR count). The van der Waals surface area contributed by atoms with Gasteiger partial charge in [-0.15, -0.1) is 11.6 Å². The lowest BCUT2D eigenvalue weighted by atomic mass is 9.97. The summed E-state index contributed by atoms with van der Waals surface area (Å²) in [5.74, 6) is -1.23. The molecule has 4 heteroatoms. The number of alkyl halides is 1. The molecule has 0 fully saturated rings. The zero-order valence-electron chi connectivity index (χ0n) is 14.1. The van der Waals surface area contributed by atoms with E-state index in [4.69, 9.17) is 16.7 Å². The molecule has 2 aromatic carbocycles. The van der Waals surface area contributed by atoms with Crippen LogP contribution in [0.25, 0.3) is 11.1 Å². The Labute approximate surface area is 148 Å². The molecule has 0 amide bonds. The highest BCUT2D eigenvalue weighted by Crippen LogP contribution is 2.26. The highest BCUT2D eigenvalue weighted by molar-refractivity contribution is 6.17. The van der Waals surface area contributed by atoms with Crippen LogP contribution in [0.3, 0.4) is 0 Å². The summed E-state index contributed by atoms with van der Waals surface area (Å²) in [4.78, 5) is 10.8. The summed E-state index contributed by atoms with van der Waals surface area (Å²) in [6, 6.07) is 13.7. The Balaban J connectivity index is 0.000000413. The molecule has 2 nitrogen and oxygen atoms in total. The van der Waals surface area contributed by atoms with Gasteiger partial charge in [0.25, 0.3) is 0 Å². The van der Waals surface area contributed by atoms with Crippen LogP contribution in [0.15, 0.2) is 48.5 Å². The van der Waals surface area contributed by atoms with Crippen LogP contribution < -0.4 is 0 Å². The lowest BCUT2D eigenvalue weighted by molar-refractivity contribution is -0.138. The monoisotopic (exact) mass is 350 g/mol. The molecule has 0 aromatic heterocycles. The summed E-state index contributed by atoms with van der Waals surface area (Å²) < 4.78 is 14.0. The summed E-state index contributed by atoms with van der Waals surface area (Å²) in [5, 5.41) is 8.89. The maximum absolute atomic E-state index is 14.0. The lowest BCUT2D eigenvalue weighted by Gasteiger charge is -2.09. The number of carboxylic acid groups (broad SMARTS) is 1. The average Bonchev–Trinajstić information content (AvgIpc) is 2.60. The van der Waals surface area contributed by atoms with Gasteiger partial charge in [-0.25, -0.2) is 4.39 Å². The van der Waals surface area contributed by atoms with E-state index < -0.39 is 17.7 Å². The van der Waals surface area contributed by atoms with Crippen LogP contribution >= 0.6 is 11.6 Å². The van der Waals surface area contributed by atoms with E-state index >= 15 is 0 Å². The molecule has 24 heavy (non-hydrogen) atoms. The summed E-state index contributed by atoms with van der Waals surface area (Å²) in [6.07, 6.45) is 3.73. The van der Waals surface area contributed by atoms with Crippen LogP contribution in [-0.2, 0) is 4.79 Å². The lowest BCUT2D eigenvalue weighted by Crippen LogP contribution is -2.07. The predicted molar refractivity (Wildman–Crippen MR) is 98.1 cm³/mol. The Morgan fingerprint density at radius 3 is 2.29 bits per heavy atom. The Morgan fingerprint density at radius 1 is 1.17 bits per heavy atom. The number of aliphatic carboxylic acids is 1. The summed E-state index contributed by atoms with van der Waals surface area (Å²) in [5.41, 5.74) is 1.74. The van der Waals surface area contributed by atoms with Crippen molar-refractivity contribution in [2.24, 2.45) is 0 Å². The van der Waals surface area contributed by atoms with Gasteiger partial charge in [0, 0.05) is 11.4 Å². The molecule has 0 bridgehead atoms. The Morgan fingerprint density at radius 2 is 1.83 bits per heavy atom. The van der Waals surface area contributed by atoms with E-state index in [0.29, 0.717) is 11.1 Å². The molecular formula is C20H24ClFO2. The van der Waals surface area contributed by atoms with Crippen LogP contribution in [0.1, 0.15) is 44.6 Å². The summed E-state index contributed by atoms with van der Waals surface area (Å²) in [7, 11) is 0. The third-order valence-corrected chi connectivity index (χ3v) is 3.95. The van der Waals surface area contributed by atoms with Gasteiger partial charge in [-0.2, -0.15) is 0 Å². The average molecular weight is 351 g/mol. The van der Waals surface area contributed by atoms with Crippen LogP contribution in [0.5, 0.6) is 0 Å². The Kier molecular flexibility index (Phi) is 9.10. The van der Waals surface area contributed by atoms with Gasteiger partial charge in [0.2, 0.25) is 0 Å². The minimum atomic E-state index is -0.957. The molecule has 0 saturated carbocycles. The number of carboxylic acids is 1. The molecule has 0 aliphatic rings. The van der Waals surface area contributed by atoms with E-state index in [1.807, 2.05) is 30.3 Å². The SMILES string of the molecule is CC(C(=O)O)c1ccc(-c2ccccc2)c(F)c1.CCCCCCl. The fourth-order valence-corrected chi connectivity index (χ4v) is 2.33. The van der Waals surface area contributed by atoms with Gasteiger partial charge in [0.1, 0.15) is 5.82 Å². The third-order valence-electron chi connectivity index (χ3n) is 3.69. The topological polar surface area (TPSA) is 37.3 Å². The second-order valence-corrected chi connectivity index (χ2v) is 5.94. The number of hydrogen-bond donors (Lipinski definition) is 1. The standard InChI is InChI=1S/C15H13FO2.C5H11Cl/c1-10(15(17)18)12-7-8-13(14(16)9-12)11-5-3-2-4-6-11;1-2-3-4-5-6/h2-10H,1H3,(H,17,18);2-5H2,1H3. The first-order valence-electron chi connectivity index (χ1n) is 8.14. The molecule has 0 radical (unpaired) electrons. The molecule has 1 N–H and O–H groups in total. The highest BCUT2D eigenvalue weighted by atomic mass is 35.5. The first-order chi connectivity index (χ1) is 11.5. The molecule has 0 aliphatic heterocycles. The van der Waals surface area contributed by atoms with Gasteiger partial charge in [0.05, 0.1) is 5.92 Å². The van der Waals surface area contributed by atoms with E-state index in [2.05, 4.69) is 6.92 Å². The first-order valence-corrected chi connectivity index (χ1v) is 8.68. The van der Waals surface area contributed by atoms with Gasteiger partial charge in [-0.1, -0.05) is 62.2 Å². The molecule has 2 aromatic rings. The molecule has 0 heterocycles. The summed E-state index contributed by atoms with van der Waals surface area (Å²) in [6.45, 7) is 3.71. The molecule has 0 spiro atoms. The fourth-order valence-electron chi connectivity index (χ4n) is 2.14. The van der Waals surface area contributed by atoms with E-state index in [1.54, 1.807) is 19.1 Å². The van der Waals surface area contributed by atoms with Crippen molar-refractivity contribution in [1.82, 2.24) is 0 Å². The van der Waals surface area contributed by atoms with E-state index in [9.17, 15) is 9.18 Å². The quantitative estimate of drug-likeness (QED) is 0.505. The van der Waals surface area contributed by atoms with Crippen molar-refractivity contribution in [1.29, 1.82) is 0 Å². The van der Waals surface area contributed by atoms with Crippen molar-refractivity contribution in [3.05, 3.63) is 59.9 Å². The molecular weight excluding hydrogens is 327 g/mol. The first kappa shape index (κ1) is 20.2. The van der Waals surface area contributed by atoms with Gasteiger partial charge < -0.3 is 5.11 Å². The van der Waals surface area contributed by atoms with Gasteiger partial charge in [0.15, 0.2) is 0 Å². The van der Waals surface area contributed by atoms with Crippen molar-refractivity contribution >= 4 is 17.6 Å². The second kappa shape index (κ2) is 10.8. The zero-order valence-corrected chi connectivity index (χ0v) is 14.9. The van der Waals surface area contributed by atoms with Gasteiger partial charge in [-0.05, 0) is 30.5 Å². The third kappa shape index (κ3) is 6.32. The van der Waals surface area contributed by atoms with E-state index in [1.165, 1.54) is 25.3 Å². The van der Waals surface area contributed by atoms with Crippen LogP contribution in [0, 0.1) is 5.82 Å². The normalized spacial score (nSPS) is 11.3. The highest BCUT2D eigenvalue weighted by Gasteiger charge is 2.15. The van der Waals surface area contributed by atoms with Gasteiger partial charge in [-0.3, -0.25) is 4.79 Å². The number of benzene rings is 2. The van der Waals surface area contributed by atoms with Crippen molar-refractivity contribution < 1.29 is 14.3 Å². The molecule has 130 valence electrons. The van der Waals surface area contributed by atoms with Crippen molar-refractivity contribution in [2.45, 2.75) is 39.0 Å². The van der Waals surface area contributed by atoms with Crippen LogP contribution in [0.2, 0.25) is 0 Å². The Hall–Kier alpha value is -1.87. The van der Waals surface area contributed by atoms with Crippen molar-refractivity contribution in [2.75, 3.05) is 5.88 Å². The van der Waals surface area contributed by atoms with E-state index in [-0.39, 0.29) is 0 Å². The Bertz CT molecular complexity index is 625. The number of rotatable bonds is 6. The van der Waals surface area contributed by atoms with Crippen molar-refractivity contribution in [3.63, 3.8) is 0 Å². The maximum atomic E-state index is 14.0. The minimum absolute atomic E-state index is 0.396. The number of carbonyl (C=O) groups is 1. The van der Waals surface area contributed by atoms with Crippen LogP contribution in [0.4, 0.5) is 4.39 Å². The molecule has 0 aliphatic carbocycles. The minimum Gasteiger partial charge on any atom is -0.481 e. The zero-order chi connectivity index (χ0) is 17.9. The number of hydrogen-bond acceptors (Lipinski definition) is 1. The van der Waals surface area contributed by atoms with Gasteiger partial charge >= 0.3 is 5.97 Å². The molecule has 1 atom stereocenters. The second-order valence-electron chi connectivity index (χ2n) is 5.56.